The number of benzene rings is 2. The minimum atomic E-state index is -3.98. The molecule has 0 atom stereocenters. The van der Waals surface area contributed by atoms with Crippen LogP contribution in [-0.4, -0.2) is 24.5 Å². The minimum Gasteiger partial charge on any atom is -0.478 e. The molecule has 0 fully saturated rings. The monoisotopic (exact) mass is 454 g/mol. The minimum absolute atomic E-state index is 0.192. The number of aryl methyl sites for hydroxylation is 1. The van der Waals surface area contributed by atoms with Crippen LogP contribution in [0.3, 0.4) is 0 Å². The summed E-state index contributed by atoms with van der Waals surface area (Å²) in [4.78, 5) is 15.8. The summed E-state index contributed by atoms with van der Waals surface area (Å²) in [6.45, 7) is 1.81. The van der Waals surface area contributed by atoms with Gasteiger partial charge in [0.25, 0.3) is 10.0 Å². The van der Waals surface area contributed by atoms with E-state index in [1.165, 1.54) is 23.9 Å². The maximum absolute atomic E-state index is 12.9. The Morgan fingerprint density at radius 2 is 1.87 bits per heavy atom. The van der Waals surface area contributed by atoms with Gasteiger partial charge < -0.3 is 9.52 Å². The van der Waals surface area contributed by atoms with E-state index in [9.17, 15) is 18.3 Å². The summed E-state index contributed by atoms with van der Waals surface area (Å²) in [7, 11) is -3.98. The molecule has 0 radical (unpaired) electrons. The van der Waals surface area contributed by atoms with Crippen molar-refractivity contribution in [1.29, 1.82) is 0 Å². The van der Waals surface area contributed by atoms with E-state index >= 15 is 0 Å². The third kappa shape index (κ3) is 4.57. The number of aromatic nitrogens is 1. The summed E-state index contributed by atoms with van der Waals surface area (Å²) in [5.74, 6) is -0.698. The van der Waals surface area contributed by atoms with E-state index in [0.29, 0.717) is 33.0 Å². The number of hydrogen-bond acceptors (Lipinski definition) is 6. The summed E-state index contributed by atoms with van der Waals surface area (Å²) in [5.41, 5.74) is 2.38. The maximum Gasteiger partial charge on any atom is 0.335 e. The van der Waals surface area contributed by atoms with Crippen LogP contribution in [0.2, 0.25) is 0 Å². The Labute approximate surface area is 183 Å². The Balaban J connectivity index is 1.62. The fourth-order valence-corrected chi connectivity index (χ4v) is 5.06. The standard InChI is InChI=1S/C22H18N2O5S2/c1-14-10-18(24-31(27,28)20-11-15-6-3-5-9-19(15)29-20)21(23-12-14)30-13-16-7-2-4-8-17(16)22(25)26/h2-12,24H,13H2,1H3,(H,25,26). The quantitative estimate of drug-likeness (QED) is 0.381. The predicted octanol–water partition coefficient (Wildman–Crippen LogP) is 4.93. The molecule has 4 rings (SSSR count). The highest BCUT2D eigenvalue weighted by Gasteiger charge is 2.22. The number of carboxylic acids is 1. The predicted molar refractivity (Wildman–Crippen MR) is 119 cm³/mol. The molecule has 0 aliphatic heterocycles. The van der Waals surface area contributed by atoms with Crippen molar-refractivity contribution in [3.63, 3.8) is 0 Å². The molecule has 0 aliphatic carbocycles. The molecule has 2 aromatic carbocycles. The molecule has 2 heterocycles. The Morgan fingerprint density at radius 1 is 1.13 bits per heavy atom. The van der Waals surface area contributed by atoms with Crippen LogP contribution in [0.1, 0.15) is 21.5 Å². The number of anilines is 1. The molecule has 0 saturated carbocycles. The average Bonchev–Trinajstić information content (AvgIpc) is 3.18. The lowest BCUT2D eigenvalue weighted by atomic mass is 10.1. The first kappa shape index (κ1) is 21.0. The van der Waals surface area contributed by atoms with E-state index in [-0.39, 0.29) is 10.7 Å². The van der Waals surface area contributed by atoms with Crippen LogP contribution >= 0.6 is 11.8 Å². The Bertz CT molecular complexity index is 1350. The molecule has 158 valence electrons. The second-order valence-electron chi connectivity index (χ2n) is 6.83. The topological polar surface area (TPSA) is 109 Å². The van der Waals surface area contributed by atoms with Gasteiger partial charge in [0, 0.05) is 23.4 Å². The SMILES string of the molecule is Cc1cnc(SCc2ccccc2C(=O)O)c(NS(=O)(=O)c2cc3ccccc3o2)c1. The molecule has 0 aliphatic rings. The van der Waals surface area contributed by atoms with Crippen LogP contribution in [0, 0.1) is 6.92 Å². The van der Waals surface area contributed by atoms with Gasteiger partial charge in [-0.15, -0.1) is 0 Å². The van der Waals surface area contributed by atoms with Crippen molar-refractivity contribution >= 4 is 44.4 Å². The Morgan fingerprint density at radius 3 is 2.65 bits per heavy atom. The van der Waals surface area contributed by atoms with Crippen molar-refractivity contribution in [2.45, 2.75) is 22.8 Å². The van der Waals surface area contributed by atoms with E-state index in [4.69, 9.17) is 4.42 Å². The fraction of sp³-hybridized carbons (Fsp3) is 0.0909. The largest absolute Gasteiger partial charge is 0.478 e. The number of carbonyl (C=O) groups is 1. The normalized spacial score (nSPS) is 11.5. The second kappa shape index (κ2) is 8.44. The first-order valence-electron chi connectivity index (χ1n) is 9.25. The molecule has 0 spiro atoms. The number of para-hydroxylation sites is 1. The van der Waals surface area contributed by atoms with E-state index in [2.05, 4.69) is 9.71 Å². The lowest BCUT2D eigenvalue weighted by molar-refractivity contribution is 0.0696. The van der Waals surface area contributed by atoms with Gasteiger partial charge in [-0.2, -0.15) is 8.42 Å². The lowest BCUT2D eigenvalue weighted by Gasteiger charge is -2.12. The second-order valence-corrected chi connectivity index (χ2v) is 9.40. The zero-order valence-electron chi connectivity index (χ0n) is 16.4. The molecule has 4 aromatic rings. The summed E-state index contributed by atoms with van der Waals surface area (Å²) >= 11 is 1.25. The molecular weight excluding hydrogens is 436 g/mol. The van der Waals surface area contributed by atoms with Gasteiger partial charge >= 0.3 is 5.97 Å². The highest BCUT2D eigenvalue weighted by Crippen LogP contribution is 2.32. The van der Waals surface area contributed by atoms with Crippen molar-refractivity contribution in [2.24, 2.45) is 0 Å². The number of fused-ring (bicyclic) bond motifs is 1. The molecule has 0 amide bonds. The number of pyridine rings is 1. The molecule has 9 heteroatoms. The third-order valence-electron chi connectivity index (χ3n) is 4.51. The number of hydrogen-bond donors (Lipinski definition) is 2. The lowest BCUT2D eigenvalue weighted by Crippen LogP contribution is -2.13. The Hall–Kier alpha value is -3.30. The highest BCUT2D eigenvalue weighted by atomic mass is 32.2. The zero-order chi connectivity index (χ0) is 22.0. The van der Waals surface area contributed by atoms with E-state index in [1.807, 2.05) is 0 Å². The summed E-state index contributed by atoms with van der Waals surface area (Å²) in [6.07, 6.45) is 1.63. The average molecular weight is 455 g/mol. The van der Waals surface area contributed by atoms with Crippen molar-refractivity contribution in [2.75, 3.05) is 4.72 Å². The first-order valence-corrected chi connectivity index (χ1v) is 11.7. The van der Waals surface area contributed by atoms with Crippen LogP contribution in [0.4, 0.5) is 5.69 Å². The van der Waals surface area contributed by atoms with Crippen molar-refractivity contribution in [1.82, 2.24) is 4.98 Å². The van der Waals surface area contributed by atoms with E-state index < -0.39 is 16.0 Å². The smallest absolute Gasteiger partial charge is 0.335 e. The van der Waals surface area contributed by atoms with Crippen molar-refractivity contribution in [3.05, 3.63) is 83.6 Å². The highest BCUT2D eigenvalue weighted by molar-refractivity contribution is 7.98. The molecular formula is C22H18N2O5S2. The molecule has 0 bridgehead atoms. The number of furan rings is 1. The van der Waals surface area contributed by atoms with Gasteiger partial charge in [0.2, 0.25) is 5.09 Å². The van der Waals surface area contributed by atoms with E-state index in [1.54, 1.807) is 61.7 Å². The maximum atomic E-state index is 12.9. The number of rotatable bonds is 7. The van der Waals surface area contributed by atoms with Gasteiger partial charge in [-0.3, -0.25) is 4.72 Å². The molecule has 0 unspecified atom stereocenters. The number of nitrogens with one attached hydrogen (secondary N) is 1. The summed E-state index contributed by atoms with van der Waals surface area (Å²) in [6, 6.07) is 16.9. The molecule has 2 aromatic heterocycles. The third-order valence-corrected chi connectivity index (χ3v) is 6.79. The molecule has 31 heavy (non-hydrogen) atoms. The van der Waals surface area contributed by atoms with E-state index in [0.717, 1.165) is 5.56 Å². The van der Waals surface area contributed by atoms with Gasteiger partial charge in [0.05, 0.1) is 11.3 Å². The summed E-state index contributed by atoms with van der Waals surface area (Å²) < 4.78 is 33.9. The van der Waals surface area contributed by atoms with Crippen LogP contribution < -0.4 is 4.72 Å². The van der Waals surface area contributed by atoms with Crippen LogP contribution in [0.25, 0.3) is 11.0 Å². The number of sulfonamides is 1. The molecule has 7 nitrogen and oxygen atoms in total. The van der Waals surface area contributed by atoms with Gasteiger partial charge in [-0.1, -0.05) is 48.2 Å². The Kier molecular flexibility index (Phi) is 5.71. The van der Waals surface area contributed by atoms with Gasteiger partial charge in [0.1, 0.15) is 10.6 Å². The van der Waals surface area contributed by atoms with Gasteiger partial charge in [0.15, 0.2) is 0 Å². The fourth-order valence-electron chi connectivity index (χ4n) is 3.03. The van der Waals surface area contributed by atoms with Crippen LogP contribution in [0.5, 0.6) is 0 Å². The number of nitrogens with zero attached hydrogens (tertiary/aromatic N) is 1. The summed E-state index contributed by atoms with van der Waals surface area (Å²) in [5, 5.41) is 10.3. The number of carboxylic acid groups (broad SMARTS) is 1. The molecule has 2 N–H and O–H groups in total. The van der Waals surface area contributed by atoms with Gasteiger partial charge in [-0.25, -0.2) is 9.78 Å². The van der Waals surface area contributed by atoms with Crippen molar-refractivity contribution in [3.8, 4) is 0 Å². The number of thioether (sulfide) groups is 1. The van der Waals surface area contributed by atoms with Crippen LogP contribution in [-0.2, 0) is 15.8 Å². The van der Waals surface area contributed by atoms with Crippen LogP contribution in [0.15, 0.2) is 81.4 Å². The number of aromatic carboxylic acids is 1. The first-order chi connectivity index (χ1) is 14.8. The van der Waals surface area contributed by atoms with Crippen molar-refractivity contribution < 1.29 is 22.7 Å². The molecule has 0 saturated heterocycles. The zero-order valence-corrected chi connectivity index (χ0v) is 18.0. The van der Waals surface area contributed by atoms with Gasteiger partial charge in [-0.05, 0) is 36.2 Å².